The Labute approximate surface area is 108 Å². The van der Waals surface area contributed by atoms with Crippen LogP contribution >= 0.6 is 11.3 Å². The monoisotopic (exact) mass is 269 g/mol. The van der Waals surface area contributed by atoms with Crippen LogP contribution in [0.4, 0.5) is 5.13 Å². The Morgan fingerprint density at radius 1 is 1.33 bits per heavy atom. The molecular formula is C10H15N5O2S. The summed E-state index contributed by atoms with van der Waals surface area (Å²) in [6, 6.07) is 0. The average Bonchev–Trinajstić information content (AvgIpc) is 2.70. The van der Waals surface area contributed by atoms with Crippen molar-refractivity contribution < 1.29 is 9.59 Å². The van der Waals surface area contributed by atoms with Gasteiger partial charge in [0.1, 0.15) is 5.01 Å². The zero-order valence-electron chi connectivity index (χ0n) is 10.3. The minimum atomic E-state index is -0.254. The predicted molar refractivity (Wildman–Crippen MR) is 66.3 cm³/mol. The number of nitrogens with one attached hydrogen (secondary N) is 1. The Morgan fingerprint density at radius 3 is 2.44 bits per heavy atom. The van der Waals surface area contributed by atoms with E-state index < -0.39 is 0 Å². The van der Waals surface area contributed by atoms with Crippen molar-refractivity contribution >= 4 is 28.3 Å². The minimum Gasteiger partial charge on any atom is -0.298 e. The van der Waals surface area contributed by atoms with Crippen molar-refractivity contribution in [2.24, 2.45) is 11.3 Å². The molecule has 2 heterocycles. The molecule has 0 saturated carbocycles. The number of rotatable bonds is 3. The largest absolute Gasteiger partial charge is 0.298 e. The molecule has 0 aromatic carbocycles. The van der Waals surface area contributed by atoms with Crippen LogP contribution in [-0.2, 0) is 16.1 Å². The fraction of sp³-hybridized carbons (Fsp3) is 0.600. The molecule has 1 aliphatic rings. The van der Waals surface area contributed by atoms with Gasteiger partial charge in [0, 0.05) is 12.8 Å². The lowest BCUT2D eigenvalue weighted by Gasteiger charge is -2.34. The molecule has 2 rings (SSSR count). The van der Waals surface area contributed by atoms with Crippen molar-refractivity contribution in [3.05, 3.63) is 5.01 Å². The molecule has 98 valence electrons. The maximum absolute atomic E-state index is 11.9. The molecule has 0 radical (unpaired) electrons. The van der Waals surface area contributed by atoms with Crippen LogP contribution in [0.5, 0.6) is 0 Å². The number of piperidine rings is 1. The number of nitrogens with zero attached hydrogens (tertiary/aromatic N) is 3. The van der Waals surface area contributed by atoms with Gasteiger partial charge in [-0.2, -0.15) is 0 Å². The summed E-state index contributed by atoms with van der Waals surface area (Å²) in [7, 11) is 0. The molecule has 0 atom stereocenters. The van der Waals surface area contributed by atoms with Gasteiger partial charge in [0.15, 0.2) is 0 Å². The number of amides is 2. The number of nitrogens with two attached hydrogens (primary N) is 1. The van der Waals surface area contributed by atoms with Crippen LogP contribution < -0.4 is 11.3 Å². The van der Waals surface area contributed by atoms with E-state index in [1.807, 2.05) is 13.8 Å². The molecule has 2 amide bonds. The normalized spacial score (nSPS) is 19.2. The van der Waals surface area contributed by atoms with E-state index in [9.17, 15) is 9.59 Å². The third-order valence-corrected chi connectivity index (χ3v) is 3.58. The molecule has 1 aromatic rings. The first-order valence-electron chi connectivity index (χ1n) is 5.53. The third kappa shape index (κ3) is 2.65. The maximum atomic E-state index is 11.9. The van der Waals surface area contributed by atoms with Gasteiger partial charge in [-0.05, 0) is 5.41 Å². The number of nitrogen functional groups attached to an aromatic ring is 1. The van der Waals surface area contributed by atoms with E-state index in [0.717, 1.165) is 0 Å². The second-order valence-electron chi connectivity index (χ2n) is 5.04. The van der Waals surface area contributed by atoms with Gasteiger partial charge in [0.2, 0.25) is 16.9 Å². The third-order valence-electron chi connectivity index (χ3n) is 2.75. The van der Waals surface area contributed by atoms with Crippen molar-refractivity contribution in [1.29, 1.82) is 0 Å². The van der Waals surface area contributed by atoms with E-state index in [4.69, 9.17) is 5.84 Å². The van der Waals surface area contributed by atoms with E-state index in [1.165, 1.54) is 16.2 Å². The van der Waals surface area contributed by atoms with Crippen LogP contribution in [0.3, 0.4) is 0 Å². The highest BCUT2D eigenvalue weighted by Crippen LogP contribution is 2.32. The van der Waals surface area contributed by atoms with Crippen molar-refractivity contribution in [3.63, 3.8) is 0 Å². The molecule has 7 nitrogen and oxygen atoms in total. The number of hydrazine groups is 1. The zero-order valence-corrected chi connectivity index (χ0v) is 11.1. The number of hydrogen-bond acceptors (Lipinski definition) is 7. The van der Waals surface area contributed by atoms with Crippen LogP contribution in [-0.4, -0.2) is 26.9 Å². The van der Waals surface area contributed by atoms with E-state index in [2.05, 4.69) is 15.6 Å². The van der Waals surface area contributed by atoms with Crippen LogP contribution in [0.1, 0.15) is 31.7 Å². The van der Waals surface area contributed by atoms with Crippen LogP contribution in [0, 0.1) is 5.41 Å². The van der Waals surface area contributed by atoms with Gasteiger partial charge in [0.25, 0.3) is 0 Å². The first-order chi connectivity index (χ1) is 8.41. The fourth-order valence-corrected chi connectivity index (χ4v) is 2.54. The Balaban J connectivity index is 2.09. The number of aromatic nitrogens is 2. The molecule has 0 spiro atoms. The van der Waals surface area contributed by atoms with Crippen molar-refractivity contribution in [1.82, 2.24) is 15.1 Å². The lowest BCUT2D eigenvalue weighted by molar-refractivity contribution is -0.153. The second kappa shape index (κ2) is 4.62. The molecular weight excluding hydrogens is 254 g/mol. The summed E-state index contributed by atoms with van der Waals surface area (Å²) < 4.78 is 0. The first-order valence-corrected chi connectivity index (χ1v) is 6.35. The minimum absolute atomic E-state index is 0.159. The smallest absolute Gasteiger partial charge is 0.230 e. The Morgan fingerprint density at radius 2 is 1.94 bits per heavy atom. The molecule has 0 bridgehead atoms. The van der Waals surface area contributed by atoms with E-state index in [1.54, 1.807) is 0 Å². The topological polar surface area (TPSA) is 101 Å². The molecule has 8 heteroatoms. The van der Waals surface area contributed by atoms with Gasteiger partial charge < -0.3 is 0 Å². The highest BCUT2D eigenvalue weighted by Gasteiger charge is 2.37. The average molecular weight is 269 g/mol. The van der Waals surface area contributed by atoms with Gasteiger partial charge in [-0.15, -0.1) is 10.2 Å². The van der Waals surface area contributed by atoms with Crippen molar-refractivity contribution in [2.75, 3.05) is 5.43 Å². The number of carbonyl (C=O) groups excluding carboxylic acids is 2. The first kappa shape index (κ1) is 12.9. The summed E-state index contributed by atoms with van der Waals surface area (Å²) in [5.74, 6) is 4.88. The van der Waals surface area contributed by atoms with Crippen molar-refractivity contribution in [2.45, 2.75) is 33.2 Å². The van der Waals surface area contributed by atoms with E-state index >= 15 is 0 Å². The lowest BCUT2D eigenvalue weighted by atomic mass is 9.82. The van der Waals surface area contributed by atoms with Crippen molar-refractivity contribution in [3.8, 4) is 0 Å². The predicted octanol–water partition coefficient (Wildman–Crippen LogP) is 0.499. The number of imide groups is 1. The molecule has 1 saturated heterocycles. The molecule has 1 aliphatic heterocycles. The van der Waals surface area contributed by atoms with Gasteiger partial charge in [-0.1, -0.05) is 25.2 Å². The molecule has 18 heavy (non-hydrogen) atoms. The maximum Gasteiger partial charge on any atom is 0.230 e. The van der Waals surface area contributed by atoms with Crippen LogP contribution in [0.2, 0.25) is 0 Å². The van der Waals surface area contributed by atoms with Gasteiger partial charge in [0.05, 0.1) is 6.54 Å². The zero-order chi connectivity index (χ0) is 13.3. The summed E-state index contributed by atoms with van der Waals surface area (Å²) in [6.45, 7) is 4.01. The van der Waals surface area contributed by atoms with E-state index in [0.29, 0.717) is 23.0 Å². The van der Waals surface area contributed by atoms with Crippen LogP contribution in [0.25, 0.3) is 0 Å². The number of hydrogen-bond donors (Lipinski definition) is 2. The fourth-order valence-electron chi connectivity index (χ4n) is 1.90. The molecule has 1 fully saturated rings. The number of anilines is 1. The molecule has 1 aromatic heterocycles. The molecule has 3 N–H and O–H groups in total. The molecule has 0 aliphatic carbocycles. The quantitative estimate of drug-likeness (QED) is 0.470. The second-order valence-corrected chi connectivity index (χ2v) is 6.10. The summed E-state index contributed by atoms with van der Waals surface area (Å²) >= 11 is 1.23. The van der Waals surface area contributed by atoms with Gasteiger partial charge >= 0.3 is 0 Å². The number of likely N-dealkylation sites (tertiary alicyclic amines) is 1. The lowest BCUT2D eigenvalue weighted by Crippen LogP contribution is -2.45. The highest BCUT2D eigenvalue weighted by atomic mass is 32.1. The molecule has 0 unspecified atom stereocenters. The SMILES string of the molecule is CC1(C)CC(=O)N(Cc2nnc(NN)s2)C(=O)C1. The van der Waals surface area contributed by atoms with Gasteiger partial charge in [-0.25, -0.2) is 5.84 Å². The highest BCUT2D eigenvalue weighted by molar-refractivity contribution is 7.15. The standard InChI is InChI=1S/C10H15N5O2S/c1-10(2)3-7(16)15(8(17)4-10)5-6-13-14-9(12-11)18-6/h3-5,11H2,1-2H3,(H,12,14). The Hall–Kier alpha value is -1.54. The number of carbonyl (C=O) groups is 2. The Kier molecular flexibility index (Phi) is 3.31. The summed E-state index contributed by atoms with van der Waals surface area (Å²) in [5.41, 5.74) is 2.12. The summed E-state index contributed by atoms with van der Waals surface area (Å²) in [5, 5.41) is 8.68. The summed E-state index contributed by atoms with van der Waals surface area (Å²) in [4.78, 5) is 25.1. The van der Waals surface area contributed by atoms with Gasteiger partial charge in [-0.3, -0.25) is 19.9 Å². The van der Waals surface area contributed by atoms with Crippen LogP contribution in [0.15, 0.2) is 0 Å². The Bertz CT molecular complexity index is 464. The summed E-state index contributed by atoms with van der Waals surface area (Å²) in [6.07, 6.45) is 0.749. The van der Waals surface area contributed by atoms with E-state index in [-0.39, 0.29) is 23.8 Å².